The first-order chi connectivity index (χ1) is 15.0. The van der Waals surface area contributed by atoms with Crippen molar-refractivity contribution >= 4 is 35.3 Å². The van der Waals surface area contributed by atoms with Gasteiger partial charge in [0.2, 0.25) is 10.0 Å². The summed E-state index contributed by atoms with van der Waals surface area (Å²) in [6.45, 7) is 7.52. The molecule has 3 aromatic rings. The van der Waals surface area contributed by atoms with E-state index in [2.05, 4.69) is 56.1 Å². The van der Waals surface area contributed by atoms with E-state index in [1.54, 1.807) is 22.6 Å². The molecule has 1 atom stereocenters. The summed E-state index contributed by atoms with van der Waals surface area (Å²) in [6, 6.07) is 20.0. The monoisotopic (exact) mass is 449 g/mol. The Hall–Kier alpha value is -2.28. The van der Waals surface area contributed by atoms with Crippen LogP contribution in [0.5, 0.6) is 0 Å². The fraction of sp³-hybridized carbons (Fsp3) is 0.320. The molecular formula is C25H29N2O2SSi. The summed E-state index contributed by atoms with van der Waals surface area (Å²) >= 11 is 0. The highest BCUT2D eigenvalue weighted by Gasteiger charge is 2.36. The van der Waals surface area contributed by atoms with E-state index in [4.69, 9.17) is 0 Å². The molecule has 1 aromatic heterocycles. The predicted octanol–water partition coefficient (Wildman–Crippen LogP) is 5.54. The molecule has 2 aromatic carbocycles. The van der Waals surface area contributed by atoms with Crippen LogP contribution >= 0.6 is 0 Å². The first-order valence-electron chi connectivity index (χ1n) is 10.9. The summed E-state index contributed by atoms with van der Waals surface area (Å²) in [4.78, 5) is 4.69. The maximum atomic E-state index is 13.7. The van der Waals surface area contributed by atoms with E-state index in [0.29, 0.717) is 23.5 Å². The molecule has 0 unspecified atom stereocenters. The van der Waals surface area contributed by atoms with Gasteiger partial charge in [-0.05, 0) is 35.7 Å². The molecule has 0 saturated heterocycles. The lowest BCUT2D eigenvalue weighted by atomic mass is 9.99. The molecule has 0 aliphatic carbocycles. The van der Waals surface area contributed by atoms with Crippen LogP contribution in [0.25, 0.3) is 16.5 Å². The number of rotatable bonds is 6. The van der Waals surface area contributed by atoms with E-state index >= 15 is 0 Å². The van der Waals surface area contributed by atoms with Gasteiger partial charge in [-0.25, -0.2) is 8.42 Å². The number of benzene rings is 2. The minimum atomic E-state index is -3.64. The van der Waals surface area contributed by atoms with Crippen molar-refractivity contribution in [2.75, 3.05) is 13.1 Å². The van der Waals surface area contributed by atoms with Gasteiger partial charge in [0.15, 0.2) is 0 Å². The fourth-order valence-corrected chi connectivity index (χ4v) is 8.88. The zero-order valence-corrected chi connectivity index (χ0v) is 20.2. The van der Waals surface area contributed by atoms with Crippen LogP contribution in [0.3, 0.4) is 0 Å². The number of pyridine rings is 1. The summed E-state index contributed by atoms with van der Waals surface area (Å²) < 4.78 is 29.1. The normalized spacial score (nSPS) is 17.8. The second-order valence-electron chi connectivity index (χ2n) is 8.10. The predicted molar refractivity (Wildman–Crippen MR) is 130 cm³/mol. The van der Waals surface area contributed by atoms with Gasteiger partial charge in [0.1, 0.15) is 4.90 Å². The van der Waals surface area contributed by atoms with E-state index in [-0.39, 0.29) is 5.54 Å². The molecule has 2 heterocycles. The lowest BCUT2D eigenvalue weighted by Gasteiger charge is -2.36. The highest BCUT2D eigenvalue weighted by atomic mass is 32.2. The first-order valence-corrected chi connectivity index (χ1v) is 14.3. The molecule has 0 amide bonds. The quantitative estimate of drug-likeness (QED) is 0.465. The number of fused-ring (bicyclic) bond motifs is 1. The van der Waals surface area contributed by atoms with Gasteiger partial charge in [-0.2, -0.15) is 4.31 Å². The van der Waals surface area contributed by atoms with Crippen molar-refractivity contribution in [3.8, 4) is 0 Å². The average molecular weight is 450 g/mol. The van der Waals surface area contributed by atoms with Crippen molar-refractivity contribution in [1.82, 2.24) is 9.29 Å². The third kappa shape index (κ3) is 4.24. The number of para-hydroxylation sites is 1. The molecule has 1 aliphatic heterocycles. The van der Waals surface area contributed by atoms with Gasteiger partial charge < -0.3 is 0 Å². The zero-order valence-electron chi connectivity index (χ0n) is 18.4. The van der Waals surface area contributed by atoms with Crippen LogP contribution in [0.4, 0.5) is 0 Å². The molecule has 0 fully saturated rings. The Balaban J connectivity index is 1.75. The van der Waals surface area contributed by atoms with Gasteiger partial charge in [-0.3, -0.25) is 4.98 Å². The Morgan fingerprint density at radius 3 is 2.45 bits per heavy atom. The Kier molecular flexibility index (Phi) is 6.41. The van der Waals surface area contributed by atoms with Gasteiger partial charge in [-0.15, -0.1) is 0 Å². The maximum Gasteiger partial charge on any atom is 0.245 e. The van der Waals surface area contributed by atoms with E-state index < -0.39 is 18.8 Å². The van der Waals surface area contributed by atoms with Crippen molar-refractivity contribution < 1.29 is 8.42 Å². The van der Waals surface area contributed by atoms with E-state index in [0.717, 1.165) is 17.5 Å². The molecule has 6 heteroatoms. The van der Waals surface area contributed by atoms with Gasteiger partial charge in [-0.1, -0.05) is 80.0 Å². The number of sulfonamides is 1. The topological polar surface area (TPSA) is 50.3 Å². The number of nitrogens with zero attached hydrogens (tertiary/aromatic N) is 2. The molecule has 0 spiro atoms. The molecular weight excluding hydrogens is 420 g/mol. The Bertz CT molecular complexity index is 1200. The molecule has 1 aliphatic rings. The van der Waals surface area contributed by atoms with Gasteiger partial charge in [0.05, 0.1) is 14.3 Å². The van der Waals surface area contributed by atoms with Crippen LogP contribution in [-0.2, 0) is 10.0 Å². The minimum absolute atomic E-state index is 0.272. The third-order valence-corrected chi connectivity index (χ3v) is 11.4. The lowest BCUT2D eigenvalue weighted by Crippen LogP contribution is -2.41. The molecule has 4 rings (SSSR count). The van der Waals surface area contributed by atoms with Crippen molar-refractivity contribution in [2.24, 2.45) is 0 Å². The van der Waals surface area contributed by atoms with Crippen molar-refractivity contribution in [3.63, 3.8) is 0 Å². The van der Waals surface area contributed by atoms with Gasteiger partial charge in [0, 0.05) is 24.7 Å². The largest absolute Gasteiger partial charge is 0.255 e. The first kappa shape index (κ1) is 21.9. The van der Waals surface area contributed by atoms with Crippen LogP contribution in [-0.4, -0.2) is 39.6 Å². The second kappa shape index (κ2) is 9.07. The maximum absolute atomic E-state index is 13.7. The molecule has 1 radical (unpaired) electrons. The SMILES string of the molecule is CC[Si](CC)[C@H]1CN(S(=O)(=O)c2cccc3cccnc23)CC=C1c1ccc(C)cc1. The molecule has 4 nitrogen and oxygen atoms in total. The smallest absolute Gasteiger partial charge is 0.245 e. The Morgan fingerprint density at radius 1 is 1.03 bits per heavy atom. The van der Waals surface area contributed by atoms with Crippen LogP contribution in [0.2, 0.25) is 17.6 Å². The van der Waals surface area contributed by atoms with Crippen LogP contribution in [0, 0.1) is 6.92 Å². The summed E-state index contributed by atoms with van der Waals surface area (Å²) in [5, 5.41) is 0.847. The molecule has 161 valence electrons. The van der Waals surface area contributed by atoms with Crippen LogP contribution < -0.4 is 0 Å². The van der Waals surface area contributed by atoms with Crippen LogP contribution in [0.1, 0.15) is 25.0 Å². The minimum Gasteiger partial charge on any atom is -0.255 e. The second-order valence-corrected chi connectivity index (χ2v) is 13.4. The standard InChI is InChI=1S/C25H29N2O2SSi/c1-4-31(5-2)24-18-27(17-15-22(24)20-13-11-19(3)12-14-20)30(28,29)23-10-6-8-21-9-7-16-26-25(21)23/h6-16,24H,4-5,17-18H2,1-3H3/t24-/m0/s1. The molecule has 0 N–H and O–H groups in total. The third-order valence-electron chi connectivity index (χ3n) is 6.28. The number of aryl methyl sites for hydroxylation is 1. The summed E-state index contributed by atoms with van der Waals surface area (Å²) in [5.74, 6) is 0. The van der Waals surface area contributed by atoms with Crippen LogP contribution in [0.15, 0.2) is 71.8 Å². The van der Waals surface area contributed by atoms with Crippen molar-refractivity contribution in [2.45, 2.75) is 43.3 Å². The molecule has 0 bridgehead atoms. The number of aromatic nitrogens is 1. The average Bonchev–Trinajstić information content (AvgIpc) is 2.80. The van der Waals surface area contributed by atoms with Gasteiger partial charge in [0.25, 0.3) is 0 Å². The molecule has 0 saturated carbocycles. The molecule has 31 heavy (non-hydrogen) atoms. The van der Waals surface area contributed by atoms with Crippen molar-refractivity contribution in [3.05, 3.63) is 78.0 Å². The van der Waals surface area contributed by atoms with Gasteiger partial charge >= 0.3 is 0 Å². The summed E-state index contributed by atoms with van der Waals surface area (Å²) in [5.41, 5.74) is 4.60. The van der Waals surface area contributed by atoms with Crippen molar-refractivity contribution in [1.29, 1.82) is 0 Å². The zero-order chi connectivity index (χ0) is 22.0. The number of hydrogen-bond acceptors (Lipinski definition) is 3. The summed E-state index contributed by atoms with van der Waals surface area (Å²) in [6.07, 6.45) is 3.80. The fourth-order valence-electron chi connectivity index (χ4n) is 4.50. The number of hydrogen-bond donors (Lipinski definition) is 0. The summed E-state index contributed by atoms with van der Waals surface area (Å²) in [7, 11) is -4.38. The Morgan fingerprint density at radius 2 is 1.74 bits per heavy atom. The highest BCUT2D eigenvalue weighted by Crippen LogP contribution is 2.39. The Labute approximate surface area is 187 Å². The lowest BCUT2D eigenvalue weighted by molar-refractivity contribution is 0.439. The highest BCUT2D eigenvalue weighted by molar-refractivity contribution is 7.89. The van der Waals surface area contributed by atoms with E-state index in [1.807, 2.05) is 18.2 Å². The van der Waals surface area contributed by atoms with E-state index in [1.165, 1.54) is 16.7 Å². The van der Waals surface area contributed by atoms with E-state index in [9.17, 15) is 8.42 Å².